The Morgan fingerprint density at radius 1 is 1.26 bits per heavy atom. The van der Waals surface area contributed by atoms with Crippen molar-refractivity contribution in [1.29, 1.82) is 0 Å². The summed E-state index contributed by atoms with van der Waals surface area (Å²) < 4.78 is 7.56. The molecule has 1 aromatic carbocycles. The summed E-state index contributed by atoms with van der Waals surface area (Å²) in [6.45, 7) is 1.91. The molecule has 0 saturated carbocycles. The van der Waals surface area contributed by atoms with Gasteiger partial charge < -0.3 is 9.84 Å². The van der Waals surface area contributed by atoms with Crippen LogP contribution < -0.4 is 4.74 Å². The van der Waals surface area contributed by atoms with Crippen LogP contribution in [-0.2, 0) is 0 Å². The smallest absolute Gasteiger partial charge is 0.145 e. The summed E-state index contributed by atoms with van der Waals surface area (Å²) in [6, 6.07) is 9.26. The zero-order valence-corrected chi connectivity index (χ0v) is 13.5. The minimum absolute atomic E-state index is 0.520. The van der Waals surface area contributed by atoms with Gasteiger partial charge in [0.25, 0.3) is 0 Å². The quantitative estimate of drug-likeness (QED) is 0.817. The summed E-state index contributed by atoms with van der Waals surface area (Å²) in [7, 11) is 0. The average Bonchev–Trinajstić information content (AvgIpc) is 2.42. The van der Waals surface area contributed by atoms with E-state index in [4.69, 9.17) is 4.74 Å². The normalized spacial score (nSPS) is 12.2. The topological polar surface area (TPSA) is 42.4 Å². The number of halogens is 2. The molecule has 0 amide bonds. The number of rotatable bonds is 4. The Bertz CT molecular complexity index is 558. The Hall–Kier alpha value is -0.910. The van der Waals surface area contributed by atoms with E-state index >= 15 is 0 Å². The van der Waals surface area contributed by atoms with Crippen molar-refractivity contribution in [1.82, 2.24) is 4.98 Å². The number of hydrogen-bond acceptors (Lipinski definition) is 3. The Morgan fingerprint density at radius 2 is 2.05 bits per heavy atom. The van der Waals surface area contributed by atoms with E-state index in [-0.39, 0.29) is 0 Å². The first-order chi connectivity index (χ1) is 9.10. The van der Waals surface area contributed by atoms with Crippen molar-refractivity contribution < 1.29 is 9.84 Å². The first kappa shape index (κ1) is 14.5. The van der Waals surface area contributed by atoms with Gasteiger partial charge in [-0.2, -0.15) is 0 Å². The molecule has 1 heterocycles. The molecule has 0 fully saturated rings. The maximum atomic E-state index is 9.67. The molecule has 0 radical (unpaired) electrons. The first-order valence-corrected chi connectivity index (χ1v) is 7.45. The lowest BCUT2D eigenvalue weighted by Crippen LogP contribution is -1.98. The third-order valence-electron chi connectivity index (χ3n) is 2.61. The molecule has 0 spiro atoms. The fraction of sp³-hybridized carbons (Fsp3) is 0.214. The van der Waals surface area contributed by atoms with E-state index in [0.29, 0.717) is 23.6 Å². The van der Waals surface area contributed by atoms with Crippen molar-refractivity contribution in [3.05, 3.63) is 51.2 Å². The third-order valence-corrected chi connectivity index (χ3v) is 3.72. The van der Waals surface area contributed by atoms with Gasteiger partial charge in [-0.25, -0.2) is 0 Å². The molecule has 2 aromatic rings. The van der Waals surface area contributed by atoms with Crippen molar-refractivity contribution in [2.45, 2.75) is 19.4 Å². The van der Waals surface area contributed by atoms with Crippen LogP contribution in [0.4, 0.5) is 0 Å². The molecule has 3 nitrogen and oxygen atoms in total. The number of aromatic nitrogens is 1. The SMILES string of the molecule is CCC(O)c1ccc(Oc2ccc(Br)cc2Br)cn1. The summed E-state index contributed by atoms with van der Waals surface area (Å²) in [5, 5.41) is 9.67. The molecule has 0 aliphatic rings. The van der Waals surface area contributed by atoms with E-state index in [9.17, 15) is 5.11 Å². The van der Waals surface area contributed by atoms with Gasteiger partial charge in [-0.05, 0) is 52.7 Å². The predicted octanol–water partition coefficient (Wildman–Crippen LogP) is 4.84. The van der Waals surface area contributed by atoms with E-state index in [1.807, 2.05) is 25.1 Å². The Labute approximate surface area is 128 Å². The number of pyridine rings is 1. The number of hydrogen-bond donors (Lipinski definition) is 1. The highest BCUT2D eigenvalue weighted by Gasteiger charge is 2.07. The van der Waals surface area contributed by atoms with Crippen LogP contribution >= 0.6 is 31.9 Å². The summed E-state index contributed by atoms with van der Waals surface area (Å²) >= 11 is 6.83. The van der Waals surface area contributed by atoms with Crippen LogP contribution in [0.15, 0.2) is 45.5 Å². The molecule has 0 aliphatic carbocycles. The fourth-order valence-corrected chi connectivity index (χ4v) is 2.67. The molecule has 0 bridgehead atoms. The van der Waals surface area contributed by atoms with Gasteiger partial charge in [0, 0.05) is 4.47 Å². The van der Waals surface area contributed by atoms with Gasteiger partial charge in [-0.3, -0.25) is 4.98 Å². The van der Waals surface area contributed by atoms with Crippen molar-refractivity contribution in [3.63, 3.8) is 0 Å². The largest absolute Gasteiger partial charge is 0.455 e. The van der Waals surface area contributed by atoms with Crippen molar-refractivity contribution in [2.24, 2.45) is 0 Å². The molecular formula is C14H13Br2NO2. The second kappa shape index (κ2) is 6.50. The van der Waals surface area contributed by atoms with E-state index in [0.717, 1.165) is 8.95 Å². The Morgan fingerprint density at radius 3 is 2.63 bits per heavy atom. The molecule has 2 rings (SSSR count). The third kappa shape index (κ3) is 3.78. The van der Waals surface area contributed by atoms with Crippen LogP contribution in [0.1, 0.15) is 25.1 Å². The molecular weight excluding hydrogens is 374 g/mol. The predicted molar refractivity (Wildman–Crippen MR) is 81.4 cm³/mol. The Balaban J connectivity index is 2.15. The Kier molecular flexibility index (Phi) is 4.96. The van der Waals surface area contributed by atoms with Crippen LogP contribution in [0, 0.1) is 0 Å². The highest BCUT2D eigenvalue weighted by Crippen LogP contribution is 2.32. The second-order valence-electron chi connectivity index (χ2n) is 4.02. The maximum Gasteiger partial charge on any atom is 0.145 e. The standard InChI is InChI=1S/C14H13Br2NO2/c1-2-13(18)12-5-4-10(8-17-12)19-14-6-3-9(15)7-11(14)16/h3-8,13,18H,2H2,1H3. The second-order valence-corrected chi connectivity index (χ2v) is 5.79. The summed E-state index contributed by atoms with van der Waals surface area (Å²) in [5.41, 5.74) is 0.657. The fourth-order valence-electron chi connectivity index (χ4n) is 1.54. The van der Waals surface area contributed by atoms with Gasteiger partial charge in [0.05, 0.1) is 22.5 Å². The minimum atomic E-state index is -0.520. The number of aliphatic hydroxyl groups is 1. The number of ether oxygens (including phenoxy) is 1. The van der Waals surface area contributed by atoms with Crippen molar-refractivity contribution >= 4 is 31.9 Å². The lowest BCUT2D eigenvalue weighted by atomic mass is 10.2. The lowest BCUT2D eigenvalue weighted by Gasteiger charge is -2.10. The van der Waals surface area contributed by atoms with Crippen molar-refractivity contribution in [2.75, 3.05) is 0 Å². The molecule has 0 saturated heterocycles. The van der Waals surface area contributed by atoms with Gasteiger partial charge >= 0.3 is 0 Å². The maximum absolute atomic E-state index is 9.67. The van der Waals surface area contributed by atoms with E-state index in [2.05, 4.69) is 36.8 Å². The zero-order valence-electron chi connectivity index (χ0n) is 10.3. The van der Waals surface area contributed by atoms with Crippen molar-refractivity contribution in [3.8, 4) is 11.5 Å². The summed E-state index contributed by atoms with van der Waals surface area (Å²) in [5.74, 6) is 1.35. The van der Waals surface area contributed by atoms with E-state index in [1.54, 1.807) is 18.3 Å². The molecule has 100 valence electrons. The molecule has 5 heteroatoms. The molecule has 1 N–H and O–H groups in total. The van der Waals surface area contributed by atoms with Crippen LogP contribution in [0.5, 0.6) is 11.5 Å². The zero-order chi connectivity index (χ0) is 13.8. The van der Waals surface area contributed by atoms with Gasteiger partial charge in [0.2, 0.25) is 0 Å². The van der Waals surface area contributed by atoms with Gasteiger partial charge in [-0.1, -0.05) is 22.9 Å². The molecule has 1 aromatic heterocycles. The monoisotopic (exact) mass is 385 g/mol. The van der Waals surface area contributed by atoms with Crippen LogP contribution in [-0.4, -0.2) is 10.1 Å². The molecule has 0 aliphatic heterocycles. The van der Waals surface area contributed by atoms with Crippen LogP contribution in [0.2, 0.25) is 0 Å². The molecule has 1 atom stereocenters. The molecule has 19 heavy (non-hydrogen) atoms. The highest BCUT2D eigenvalue weighted by atomic mass is 79.9. The highest BCUT2D eigenvalue weighted by molar-refractivity contribution is 9.11. The van der Waals surface area contributed by atoms with Gasteiger partial charge in [0.15, 0.2) is 0 Å². The molecule has 1 unspecified atom stereocenters. The van der Waals surface area contributed by atoms with Crippen LogP contribution in [0.3, 0.4) is 0 Å². The number of aliphatic hydroxyl groups excluding tert-OH is 1. The number of benzene rings is 1. The average molecular weight is 387 g/mol. The van der Waals surface area contributed by atoms with Gasteiger partial charge in [0.1, 0.15) is 11.5 Å². The van der Waals surface area contributed by atoms with Crippen LogP contribution in [0.25, 0.3) is 0 Å². The lowest BCUT2D eigenvalue weighted by molar-refractivity contribution is 0.169. The van der Waals surface area contributed by atoms with Gasteiger partial charge in [-0.15, -0.1) is 0 Å². The number of nitrogens with zero attached hydrogens (tertiary/aromatic N) is 1. The van der Waals surface area contributed by atoms with E-state index < -0.39 is 6.10 Å². The summed E-state index contributed by atoms with van der Waals surface area (Å²) in [4.78, 5) is 4.19. The van der Waals surface area contributed by atoms with E-state index in [1.165, 1.54) is 0 Å². The summed E-state index contributed by atoms with van der Waals surface area (Å²) in [6.07, 6.45) is 1.74. The first-order valence-electron chi connectivity index (χ1n) is 5.87. The minimum Gasteiger partial charge on any atom is -0.455 e.